The number of aromatic nitrogens is 4. The first-order valence-corrected chi connectivity index (χ1v) is 8.55. The van der Waals surface area contributed by atoms with Gasteiger partial charge in [0.2, 0.25) is 0 Å². The first-order chi connectivity index (χ1) is 12.2. The number of rotatable bonds is 3. The lowest BCUT2D eigenvalue weighted by Gasteiger charge is -2.23. The number of nitrogens with zero attached hydrogens (tertiary/aromatic N) is 6. The predicted octanol–water partition coefficient (Wildman–Crippen LogP) is 2.21. The van der Waals surface area contributed by atoms with Gasteiger partial charge in [0, 0.05) is 39.8 Å². The topological polar surface area (TPSA) is 50.1 Å². The summed E-state index contributed by atoms with van der Waals surface area (Å²) in [6.45, 7) is 4.68. The van der Waals surface area contributed by atoms with Crippen molar-refractivity contribution in [1.29, 1.82) is 0 Å². The number of benzene rings is 1. The molecule has 0 saturated carbocycles. The lowest BCUT2D eigenvalue weighted by atomic mass is 10.2. The third-order valence-electron chi connectivity index (χ3n) is 4.72. The highest BCUT2D eigenvalue weighted by Gasteiger charge is 2.19. The fourth-order valence-electron chi connectivity index (χ4n) is 3.39. The lowest BCUT2D eigenvalue weighted by Crippen LogP contribution is -2.31. The Bertz CT molecular complexity index is 860. The monoisotopic (exact) mass is 340 g/mol. The van der Waals surface area contributed by atoms with Crippen molar-refractivity contribution in [3.63, 3.8) is 0 Å². The van der Waals surface area contributed by atoms with Crippen molar-refractivity contribution in [2.75, 3.05) is 31.1 Å². The van der Waals surface area contributed by atoms with E-state index in [9.17, 15) is 4.39 Å². The van der Waals surface area contributed by atoms with Crippen molar-refractivity contribution in [3.05, 3.63) is 48.2 Å². The van der Waals surface area contributed by atoms with Crippen molar-refractivity contribution in [2.24, 2.45) is 7.05 Å². The third-order valence-corrected chi connectivity index (χ3v) is 4.72. The zero-order valence-corrected chi connectivity index (χ0v) is 14.3. The molecule has 4 rings (SSSR count). The van der Waals surface area contributed by atoms with Crippen LogP contribution in [0.25, 0.3) is 11.0 Å². The molecule has 0 unspecified atom stereocenters. The summed E-state index contributed by atoms with van der Waals surface area (Å²) in [6.07, 6.45) is 4.51. The summed E-state index contributed by atoms with van der Waals surface area (Å²) in [7, 11) is 1.89. The van der Waals surface area contributed by atoms with Gasteiger partial charge in [0.15, 0.2) is 5.65 Å². The van der Waals surface area contributed by atoms with Gasteiger partial charge in [-0.3, -0.25) is 9.58 Å². The van der Waals surface area contributed by atoms with Gasteiger partial charge in [-0.1, -0.05) is 12.1 Å². The number of fused-ring (bicyclic) bond motifs is 1. The van der Waals surface area contributed by atoms with E-state index in [0.29, 0.717) is 0 Å². The van der Waals surface area contributed by atoms with Crippen molar-refractivity contribution in [1.82, 2.24) is 24.6 Å². The largest absolute Gasteiger partial charge is 0.355 e. The van der Waals surface area contributed by atoms with Crippen LogP contribution in [0.4, 0.5) is 10.2 Å². The Morgan fingerprint density at radius 3 is 2.72 bits per heavy atom. The molecule has 0 amide bonds. The van der Waals surface area contributed by atoms with Crippen LogP contribution in [-0.2, 0) is 13.6 Å². The van der Waals surface area contributed by atoms with Crippen LogP contribution in [0.5, 0.6) is 0 Å². The maximum atomic E-state index is 13.1. The molecule has 0 aliphatic carbocycles. The van der Waals surface area contributed by atoms with E-state index < -0.39 is 0 Å². The Balaban J connectivity index is 1.48. The van der Waals surface area contributed by atoms with Gasteiger partial charge in [-0.05, 0) is 24.1 Å². The summed E-state index contributed by atoms with van der Waals surface area (Å²) in [5, 5.41) is 5.30. The summed E-state index contributed by atoms with van der Waals surface area (Å²) in [4.78, 5) is 13.6. The van der Waals surface area contributed by atoms with Gasteiger partial charge in [0.1, 0.15) is 18.0 Å². The van der Waals surface area contributed by atoms with Gasteiger partial charge in [-0.25, -0.2) is 14.4 Å². The van der Waals surface area contributed by atoms with E-state index in [2.05, 4.69) is 24.9 Å². The van der Waals surface area contributed by atoms with Crippen LogP contribution in [0.3, 0.4) is 0 Å². The quantitative estimate of drug-likeness (QED) is 0.732. The number of anilines is 1. The molecule has 0 atom stereocenters. The average Bonchev–Trinajstić information content (AvgIpc) is 2.86. The van der Waals surface area contributed by atoms with Gasteiger partial charge in [-0.2, -0.15) is 5.10 Å². The fraction of sp³-hybridized carbons (Fsp3) is 0.389. The Morgan fingerprint density at radius 2 is 1.88 bits per heavy atom. The molecule has 130 valence electrons. The van der Waals surface area contributed by atoms with Gasteiger partial charge < -0.3 is 4.90 Å². The van der Waals surface area contributed by atoms with E-state index >= 15 is 0 Å². The normalized spacial score (nSPS) is 16.3. The van der Waals surface area contributed by atoms with Crippen molar-refractivity contribution in [2.45, 2.75) is 13.0 Å². The molecular weight excluding hydrogens is 319 g/mol. The minimum atomic E-state index is -0.185. The van der Waals surface area contributed by atoms with Crippen LogP contribution in [0.15, 0.2) is 36.8 Å². The molecule has 1 aliphatic rings. The highest BCUT2D eigenvalue weighted by molar-refractivity contribution is 5.86. The molecule has 25 heavy (non-hydrogen) atoms. The van der Waals surface area contributed by atoms with Crippen molar-refractivity contribution in [3.8, 4) is 0 Å². The van der Waals surface area contributed by atoms with Gasteiger partial charge in [0.25, 0.3) is 0 Å². The van der Waals surface area contributed by atoms with E-state index in [-0.39, 0.29) is 5.82 Å². The van der Waals surface area contributed by atoms with Crippen LogP contribution in [-0.4, -0.2) is 50.8 Å². The minimum absolute atomic E-state index is 0.185. The second kappa shape index (κ2) is 6.76. The molecule has 3 aromatic rings. The molecule has 0 N–H and O–H groups in total. The van der Waals surface area contributed by atoms with Crippen LogP contribution >= 0.6 is 0 Å². The summed E-state index contributed by atoms with van der Waals surface area (Å²) in [6, 6.07) is 6.78. The molecule has 1 aliphatic heterocycles. The van der Waals surface area contributed by atoms with Crippen LogP contribution < -0.4 is 4.90 Å². The van der Waals surface area contributed by atoms with Gasteiger partial charge >= 0.3 is 0 Å². The van der Waals surface area contributed by atoms with Crippen LogP contribution in [0.2, 0.25) is 0 Å². The minimum Gasteiger partial charge on any atom is -0.355 e. The summed E-state index contributed by atoms with van der Waals surface area (Å²) in [5.74, 6) is 0.775. The van der Waals surface area contributed by atoms with Crippen molar-refractivity contribution < 1.29 is 4.39 Å². The molecule has 6 nitrogen and oxygen atoms in total. The van der Waals surface area contributed by atoms with E-state index in [4.69, 9.17) is 0 Å². The number of hydrogen-bond acceptors (Lipinski definition) is 5. The van der Waals surface area contributed by atoms with E-state index in [1.807, 2.05) is 25.4 Å². The molecule has 2 aromatic heterocycles. The number of hydrogen-bond donors (Lipinski definition) is 0. The van der Waals surface area contributed by atoms with E-state index in [1.54, 1.807) is 11.0 Å². The Hall–Kier alpha value is -2.54. The average molecular weight is 340 g/mol. The maximum Gasteiger partial charge on any atom is 0.163 e. The van der Waals surface area contributed by atoms with Crippen molar-refractivity contribution >= 4 is 16.9 Å². The first-order valence-electron chi connectivity index (χ1n) is 8.55. The Labute approximate surface area is 145 Å². The molecule has 0 spiro atoms. The summed E-state index contributed by atoms with van der Waals surface area (Å²) < 4.78 is 14.8. The summed E-state index contributed by atoms with van der Waals surface area (Å²) in [5.41, 5.74) is 2.00. The molecule has 1 aromatic carbocycles. The molecule has 7 heteroatoms. The van der Waals surface area contributed by atoms with E-state index in [1.165, 1.54) is 12.1 Å². The predicted molar refractivity (Wildman–Crippen MR) is 94.8 cm³/mol. The maximum absolute atomic E-state index is 13.1. The first kappa shape index (κ1) is 16.0. The van der Waals surface area contributed by atoms with Crippen LogP contribution in [0, 0.1) is 5.82 Å². The third kappa shape index (κ3) is 3.32. The second-order valence-corrected chi connectivity index (χ2v) is 6.45. The second-order valence-electron chi connectivity index (χ2n) is 6.45. The molecule has 0 bridgehead atoms. The molecular formula is C18H21FN6. The van der Waals surface area contributed by atoms with Gasteiger partial charge in [-0.15, -0.1) is 0 Å². The number of halogens is 1. The lowest BCUT2D eigenvalue weighted by molar-refractivity contribution is 0.285. The van der Waals surface area contributed by atoms with Gasteiger partial charge in [0.05, 0.1) is 11.6 Å². The standard InChI is InChI=1S/C18H21FN6/c1-23-17-16(11-22-23)18(21-13-20-17)25-8-2-7-24(9-10-25)12-14-3-5-15(19)6-4-14/h3-6,11,13H,2,7-10,12H2,1H3. The molecule has 3 heterocycles. The van der Waals surface area contributed by atoms with E-state index in [0.717, 1.165) is 61.6 Å². The fourth-order valence-corrected chi connectivity index (χ4v) is 3.39. The van der Waals surface area contributed by atoms with Crippen LogP contribution in [0.1, 0.15) is 12.0 Å². The molecule has 1 saturated heterocycles. The zero-order valence-electron chi connectivity index (χ0n) is 14.3. The SMILES string of the molecule is Cn1ncc2c(N3CCCN(Cc4ccc(F)cc4)CC3)ncnc21. The smallest absolute Gasteiger partial charge is 0.163 e. The highest BCUT2D eigenvalue weighted by Crippen LogP contribution is 2.23. The number of aryl methyl sites for hydroxylation is 1. The Morgan fingerprint density at radius 1 is 1.04 bits per heavy atom. The summed E-state index contributed by atoms with van der Waals surface area (Å²) >= 11 is 0. The Kier molecular flexibility index (Phi) is 4.31. The highest BCUT2D eigenvalue weighted by atomic mass is 19.1. The molecule has 1 fully saturated rings. The molecule has 0 radical (unpaired) electrons. The zero-order chi connectivity index (χ0) is 17.2.